The molecule has 0 aliphatic carbocycles. The van der Waals surface area contributed by atoms with Crippen molar-refractivity contribution in [1.82, 2.24) is 0 Å². The van der Waals surface area contributed by atoms with Crippen LogP contribution in [-0.4, -0.2) is 29.5 Å². The fourth-order valence-corrected chi connectivity index (χ4v) is 0.0986. The molecule has 0 radical (unpaired) electrons. The van der Waals surface area contributed by atoms with Gasteiger partial charge in [0.1, 0.15) is 0 Å². The van der Waals surface area contributed by atoms with E-state index in [0.29, 0.717) is 0 Å². The van der Waals surface area contributed by atoms with E-state index in [1.54, 1.807) is 0 Å². The Kier molecular flexibility index (Phi) is 47.3. The molecule has 0 rings (SSSR count). The Bertz CT molecular complexity index is 168. The zero-order valence-corrected chi connectivity index (χ0v) is 9.93. The van der Waals surface area contributed by atoms with E-state index in [9.17, 15) is 9.59 Å². The molecule has 0 fully saturated rings. The summed E-state index contributed by atoms with van der Waals surface area (Å²) >= 11 is 0. The third-order valence-electron chi connectivity index (χ3n) is 0.247. The van der Waals surface area contributed by atoms with E-state index in [-0.39, 0.29) is 30.4 Å². The molecule has 78 valence electrons. The van der Waals surface area contributed by atoms with E-state index in [1.165, 1.54) is 0 Å². The minimum absolute atomic E-state index is 0. The summed E-state index contributed by atoms with van der Waals surface area (Å²) < 4.78 is 0. The number of amides is 4. The van der Waals surface area contributed by atoms with Crippen molar-refractivity contribution >= 4 is 18.5 Å². The number of carboxylic acid groups (broad SMARTS) is 1. The third kappa shape index (κ3) is 76.3. The fraction of sp³-hybridized carbons (Fsp3) is 0. The fourth-order valence-electron chi connectivity index (χ4n) is 0.0986. The number of hydrogen-bond donors (Lipinski definition) is 2. The maximum atomic E-state index is 9.66. The second-order valence-corrected chi connectivity index (χ2v) is 0.973. The summed E-state index contributed by atoms with van der Waals surface area (Å²) in [6.07, 6.45) is 0. The van der Waals surface area contributed by atoms with E-state index in [2.05, 4.69) is 21.7 Å². The quantitative estimate of drug-likeness (QED) is 0.256. The van der Waals surface area contributed by atoms with Crippen molar-refractivity contribution in [3.63, 3.8) is 0 Å². The van der Waals surface area contributed by atoms with Gasteiger partial charge < -0.3 is 32.3 Å². The molecule has 0 aromatic rings. The second kappa shape index (κ2) is 22.6. The van der Waals surface area contributed by atoms with Crippen molar-refractivity contribution in [2.24, 2.45) is 21.7 Å². The standard InChI is InChI=1S/C2H4N4O2.CH2O2.2H2O.Zn/c3-1(7)5-6-2(4)8;2-1-3;;;/h(H2,3,7)(H2,4,8);1H,(H,2,3);2*1H2;/q;;;;+2/p-1/b6-5+;;;;. The molecule has 0 unspecified atom stereocenters. The van der Waals surface area contributed by atoms with Crippen molar-refractivity contribution in [3.8, 4) is 0 Å². The topological polar surface area (TPSA) is 214 Å². The van der Waals surface area contributed by atoms with Crippen LogP contribution in [0.3, 0.4) is 0 Å². The Labute approximate surface area is 90.7 Å². The van der Waals surface area contributed by atoms with Crippen LogP contribution in [0.2, 0.25) is 0 Å². The molecule has 0 heterocycles. The molecule has 14 heavy (non-hydrogen) atoms. The summed E-state index contributed by atoms with van der Waals surface area (Å²) in [5, 5.41) is 13.5. The van der Waals surface area contributed by atoms with Crippen LogP contribution in [-0.2, 0) is 24.3 Å². The number of hydrogen-bond acceptors (Lipinski definition) is 4. The molecule has 0 saturated heterocycles. The molecule has 8 N–H and O–H groups in total. The molecule has 10 nitrogen and oxygen atoms in total. The van der Waals surface area contributed by atoms with Crippen LogP contribution in [0.25, 0.3) is 0 Å². The first-order valence-electron chi connectivity index (χ1n) is 2.10. The van der Waals surface area contributed by atoms with Crippen LogP contribution >= 0.6 is 0 Å². The van der Waals surface area contributed by atoms with E-state index in [0.717, 1.165) is 0 Å². The van der Waals surface area contributed by atoms with Crippen LogP contribution in [0.15, 0.2) is 10.2 Å². The molecule has 0 bridgehead atoms. The van der Waals surface area contributed by atoms with Crippen molar-refractivity contribution in [3.05, 3.63) is 0 Å². The van der Waals surface area contributed by atoms with Gasteiger partial charge in [-0.25, -0.2) is 9.59 Å². The van der Waals surface area contributed by atoms with Crippen molar-refractivity contribution < 1.29 is 49.9 Å². The number of nitrogens with two attached hydrogens (primary N) is 2. The molecule has 11 heteroatoms. The van der Waals surface area contributed by atoms with Gasteiger partial charge in [0.05, 0.1) is 0 Å². The molecule has 0 atom stereocenters. The number of carbonyl (C=O) groups excluding carboxylic acids is 3. The van der Waals surface area contributed by atoms with E-state index >= 15 is 0 Å². The third-order valence-corrected chi connectivity index (χ3v) is 0.247. The first kappa shape index (κ1) is 29.4. The van der Waals surface area contributed by atoms with Gasteiger partial charge in [-0.3, -0.25) is 0 Å². The van der Waals surface area contributed by atoms with Crippen LogP contribution in [0.5, 0.6) is 0 Å². The Morgan fingerprint density at radius 2 is 1.21 bits per heavy atom. The summed E-state index contributed by atoms with van der Waals surface area (Å²) in [6.45, 7) is -0.500. The molecule has 0 aromatic heterocycles. The molecule has 0 aliphatic rings. The molecule has 0 aromatic carbocycles. The van der Waals surface area contributed by atoms with Gasteiger partial charge in [-0.1, -0.05) is 10.2 Å². The Morgan fingerprint density at radius 1 is 1.07 bits per heavy atom. The normalized spacial score (nSPS) is 6.29. The van der Waals surface area contributed by atoms with Crippen molar-refractivity contribution in [2.75, 3.05) is 0 Å². The molecular formula is C3H9N4O6Zn+. The molecule has 0 spiro atoms. The van der Waals surface area contributed by atoms with Gasteiger partial charge in [-0.15, -0.1) is 0 Å². The van der Waals surface area contributed by atoms with Gasteiger partial charge in [-0.2, -0.15) is 0 Å². The first-order valence-corrected chi connectivity index (χ1v) is 2.10. The largest absolute Gasteiger partial charge is 2.00 e. The summed E-state index contributed by atoms with van der Waals surface area (Å²) in [6, 6.07) is -2.08. The van der Waals surface area contributed by atoms with Crippen molar-refractivity contribution in [1.29, 1.82) is 0 Å². The average molecular weight is 263 g/mol. The summed E-state index contributed by atoms with van der Waals surface area (Å²) in [5.74, 6) is 0. The Hall–Kier alpha value is -1.45. The number of nitrogens with zero attached hydrogens (tertiary/aromatic N) is 2. The Morgan fingerprint density at radius 3 is 1.29 bits per heavy atom. The SMILES string of the molecule is NC(=O)/N=N/C(N)=O.O.O.O=C[O-].[Zn+2]. The number of carbonyl (C=O) groups is 3. The number of rotatable bonds is 0. The zero-order chi connectivity index (χ0) is 9.28. The first-order chi connectivity index (χ1) is 5.04. The van der Waals surface area contributed by atoms with Crippen LogP contribution in [0, 0.1) is 0 Å². The Balaban J connectivity index is -0.0000000405. The van der Waals surface area contributed by atoms with Gasteiger partial charge in [0.15, 0.2) is 0 Å². The summed E-state index contributed by atoms with van der Waals surface area (Å²) in [7, 11) is 0. The summed E-state index contributed by atoms with van der Waals surface area (Å²) in [5.41, 5.74) is 8.87. The predicted molar refractivity (Wildman–Crippen MR) is 37.3 cm³/mol. The smallest absolute Gasteiger partial charge is 0.554 e. The van der Waals surface area contributed by atoms with Gasteiger partial charge in [0, 0.05) is 6.47 Å². The van der Waals surface area contributed by atoms with Gasteiger partial charge in [0.2, 0.25) is 0 Å². The van der Waals surface area contributed by atoms with Gasteiger partial charge >= 0.3 is 31.5 Å². The van der Waals surface area contributed by atoms with Crippen LogP contribution < -0.4 is 16.6 Å². The van der Waals surface area contributed by atoms with Crippen molar-refractivity contribution in [2.45, 2.75) is 0 Å². The van der Waals surface area contributed by atoms with Crippen LogP contribution in [0.4, 0.5) is 9.59 Å². The van der Waals surface area contributed by atoms with Crippen LogP contribution in [0.1, 0.15) is 0 Å². The molecule has 0 saturated carbocycles. The van der Waals surface area contributed by atoms with Gasteiger partial charge in [0.25, 0.3) is 0 Å². The number of urea groups is 2. The number of primary amides is 2. The van der Waals surface area contributed by atoms with E-state index in [1.807, 2.05) is 0 Å². The predicted octanol–water partition coefficient (Wildman–Crippen LogP) is -3.69. The average Bonchev–Trinajstić information content (AvgIpc) is 1.85. The molecule has 4 amide bonds. The minimum atomic E-state index is -1.04. The van der Waals surface area contributed by atoms with E-state index < -0.39 is 18.5 Å². The summed E-state index contributed by atoms with van der Waals surface area (Å²) in [4.78, 5) is 27.6. The van der Waals surface area contributed by atoms with Gasteiger partial charge in [-0.05, 0) is 0 Å². The zero-order valence-electron chi connectivity index (χ0n) is 6.97. The maximum absolute atomic E-state index is 9.66. The molecule has 0 aliphatic heterocycles. The maximum Gasteiger partial charge on any atom is 2.00 e. The minimum Gasteiger partial charge on any atom is -0.554 e. The number of azo groups is 1. The monoisotopic (exact) mass is 261 g/mol. The van der Waals surface area contributed by atoms with E-state index in [4.69, 9.17) is 9.90 Å². The molecular weight excluding hydrogens is 253 g/mol. The second-order valence-electron chi connectivity index (χ2n) is 0.973.